The first-order valence-corrected chi connectivity index (χ1v) is 8.72. The molecule has 0 aliphatic carbocycles. The van der Waals surface area contributed by atoms with Crippen LogP contribution in [0.25, 0.3) is 22.4 Å². The highest BCUT2D eigenvalue weighted by Gasteiger charge is 2.21. The summed E-state index contributed by atoms with van der Waals surface area (Å²) in [6.45, 7) is 0. The molecule has 1 amide bonds. The second-order valence-electron chi connectivity index (χ2n) is 6.35. The average molecular weight is 403 g/mol. The predicted octanol–water partition coefficient (Wildman–Crippen LogP) is 4.30. The van der Waals surface area contributed by atoms with E-state index in [0.29, 0.717) is 17.1 Å². The van der Waals surface area contributed by atoms with Crippen molar-refractivity contribution < 1.29 is 14.6 Å². The van der Waals surface area contributed by atoms with Gasteiger partial charge in [0.05, 0.1) is 38.2 Å². The number of non-ortho nitro benzene ring substituents is 2. The Labute approximate surface area is 168 Å². The highest BCUT2D eigenvalue weighted by atomic mass is 16.6. The molecule has 4 aromatic rings. The minimum absolute atomic E-state index is 0.199. The molecule has 0 spiro atoms. The zero-order valence-corrected chi connectivity index (χ0v) is 15.2. The molecule has 0 atom stereocenters. The SMILES string of the molecule is O=C(Nc1ccccc1-c1nc2ccccc2[nH]1)c1cc([N+](=O)[O-])cc([N+](=O)[O-])c1. The van der Waals surface area contributed by atoms with Crippen molar-refractivity contribution in [2.45, 2.75) is 0 Å². The highest BCUT2D eigenvalue weighted by Crippen LogP contribution is 2.29. The van der Waals surface area contributed by atoms with Crippen LogP contribution in [-0.2, 0) is 0 Å². The molecule has 0 saturated heterocycles. The third-order valence-electron chi connectivity index (χ3n) is 4.41. The van der Waals surface area contributed by atoms with Gasteiger partial charge in [0.1, 0.15) is 5.82 Å². The van der Waals surface area contributed by atoms with Crippen molar-refractivity contribution in [3.8, 4) is 11.4 Å². The first kappa shape index (κ1) is 18.7. The zero-order valence-electron chi connectivity index (χ0n) is 15.2. The smallest absolute Gasteiger partial charge is 0.277 e. The fourth-order valence-corrected chi connectivity index (χ4v) is 3.01. The van der Waals surface area contributed by atoms with Gasteiger partial charge in [0.2, 0.25) is 0 Å². The molecule has 10 heteroatoms. The molecule has 0 bridgehead atoms. The number of hydrogen-bond acceptors (Lipinski definition) is 6. The number of anilines is 1. The van der Waals surface area contributed by atoms with Gasteiger partial charge in [-0.15, -0.1) is 0 Å². The number of benzene rings is 3. The van der Waals surface area contributed by atoms with Crippen molar-refractivity contribution in [3.63, 3.8) is 0 Å². The Balaban J connectivity index is 1.71. The maximum absolute atomic E-state index is 12.7. The molecule has 0 aliphatic heterocycles. The van der Waals surface area contributed by atoms with Crippen LogP contribution in [0.1, 0.15) is 10.4 Å². The van der Waals surface area contributed by atoms with E-state index in [1.54, 1.807) is 24.3 Å². The van der Waals surface area contributed by atoms with Crippen LogP contribution >= 0.6 is 0 Å². The summed E-state index contributed by atoms with van der Waals surface area (Å²) in [5.74, 6) is -0.192. The van der Waals surface area contributed by atoms with E-state index in [1.165, 1.54) is 0 Å². The molecule has 2 N–H and O–H groups in total. The minimum Gasteiger partial charge on any atom is -0.338 e. The molecule has 1 heterocycles. The molecule has 0 fully saturated rings. The summed E-state index contributed by atoms with van der Waals surface area (Å²) in [5.41, 5.74) is 1.29. The summed E-state index contributed by atoms with van der Waals surface area (Å²) >= 11 is 0. The fourth-order valence-electron chi connectivity index (χ4n) is 3.01. The summed E-state index contributed by atoms with van der Waals surface area (Å²) < 4.78 is 0. The molecule has 3 aromatic carbocycles. The van der Waals surface area contributed by atoms with Crippen LogP contribution in [0.2, 0.25) is 0 Å². The zero-order chi connectivity index (χ0) is 21.3. The minimum atomic E-state index is -0.786. The Morgan fingerprint density at radius 3 is 2.20 bits per heavy atom. The van der Waals surface area contributed by atoms with Crippen molar-refractivity contribution in [1.82, 2.24) is 9.97 Å². The van der Waals surface area contributed by atoms with Gasteiger partial charge >= 0.3 is 0 Å². The number of imidazole rings is 1. The molecule has 1 aromatic heterocycles. The fraction of sp³-hybridized carbons (Fsp3) is 0. The Bertz CT molecular complexity index is 1250. The van der Waals surface area contributed by atoms with E-state index in [1.807, 2.05) is 24.3 Å². The molecule has 4 rings (SSSR count). The number of carbonyl (C=O) groups is 1. The standard InChI is InChI=1S/C20H13N5O5/c26-20(12-9-13(24(27)28)11-14(10-12)25(29)30)23-16-6-2-1-5-15(16)19-21-17-7-3-4-8-18(17)22-19/h1-11H,(H,21,22)(H,23,26). The number of aromatic nitrogens is 2. The van der Waals surface area contributed by atoms with E-state index >= 15 is 0 Å². The Morgan fingerprint density at radius 2 is 1.53 bits per heavy atom. The van der Waals surface area contributed by atoms with Gasteiger partial charge in [-0.05, 0) is 24.3 Å². The van der Waals surface area contributed by atoms with Crippen molar-refractivity contribution in [2.24, 2.45) is 0 Å². The third-order valence-corrected chi connectivity index (χ3v) is 4.41. The third kappa shape index (κ3) is 3.56. The summed E-state index contributed by atoms with van der Waals surface area (Å²) in [7, 11) is 0. The highest BCUT2D eigenvalue weighted by molar-refractivity contribution is 6.07. The monoisotopic (exact) mass is 403 g/mol. The molecule has 0 unspecified atom stereocenters. The van der Waals surface area contributed by atoms with Crippen molar-refractivity contribution in [2.75, 3.05) is 5.32 Å². The lowest BCUT2D eigenvalue weighted by Crippen LogP contribution is -2.13. The summed E-state index contributed by atoms with van der Waals surface area (Å²) in [6, 6.07) is 17.1. The Hall–Kier alpha value is -4.60. The predicted molar refractivity (Wildman–Crippen MR) is 109 cm³/mol. The summed E-state index contributed by atoms with van der Waals surface area (Å²) in [4.78, 5) is 41.0. The van der Waals surface area contributed by atoms with Crippen LogP contribution in [0.4, 0.5) is 17.1 Å². The lowest BCUT2D eigenvalue weighted by molar-refractivity contribution is -0.394. The van der Waals surface area contributed by atoms with E-state index in [9.17, 15) is 25.0 Å². The number of nitrogens with one attached hydrogen (secondary N) is 2. The number of nitrogens with zero attached hydrogens (tertiary/aromatic N) is 3. The number of para-hydroxylation sites is 3. The van der Waals surface area contributed by atoms with Crippen LogP contribution in [0.3, 0.4) is 0 Å². The van der Waals surface area contributed by atoms with E-state index in [0.717, 1.165) is 29.2 Å². The largest absolute Gasteiger partial charge is 0.338 e. The van der Waals surface area contributed by atoms with Crippen LogP contribution in [0, 0.1) is 20.2 Å². The Kier molecular flexibility index (Phi) is 4.64. The van der Waals surface area contributed by atoms with Crippen molar-refractivity contribution in [1.29, 1.82) is 0 Å². The van der Waals surface area contributed by atoms with Crippen LogP contribution in [0.5, 0.6) is 0 Å². The molecule has 0 aliphatic rings. The summed E-state index contributed by atoms with van der Waals surface area (Å²) in [6.07, 6.45) is 0. The number of amides is 1. The number of carbonyl (C=O) groups excluding carboxylic acids is 1. The number of nitro groups is 2. The Morgan fingerprint density at radius 1 is 0.900 bits per heavy atom. The number of rotatable bonds is 5. The van der Waals surface area contributed by atoms with Gasteiger partial charge in [-0.2, -0.15) is 0 Å². The van der Waals surface area contributed by atoms with Crippen molar-refractivity contribution >= 4 is 34.0 Å². The van der Waals surface area contributed by atoms with Gasteiger partial charge in [-0.1, -0.05) is 24.3 Å². The lowest BCUT2D eigenvalue weighted by atomic mass is 10.1. The lowest BCUT2D eigenvalue weighted by Gasteiger charge is -2.09. The first-order chi connectivity index (χ1) is 14.4. The van der Waals surface area contributed by atoms with Gasteiger partial charge in [0.15, 0.2) is 0 Å². The molecule has 10 nitrogen and oxygen atoms in total. The average Bonchev–Trinajstić information content (AvgIpc) is 3.17. The van der Waals surface area contributed by atoms with E-state index in [4.69, 9.17) is 0 Å². The van der Waals surface area contributed by atoms with E-state index in [-0.39, 0.29) is 5.56 Å². The maximum atomic E-state index is 12.7. The second kappa shape index (κ2) is 7.43. The number of hydrogen-bond donors (Lipinski definition) is 2. The molecule has 148 valence electrons. The van der Waals surface area contributed by atoms with Gasteiger partial charge < -0.3 is 10.3 Å². The molecule has 30 heavy (non-hydrogen) atoms. The number of fused-ring (bicyclic) bond motifs is 1. The van der Waals surface area contributed by atoms with E-state index in [2.05, 4.69) is 15.3 Å². The van der Waals surface area contributed by atoms with Crippen molar-refractivity contribution in [3.05, 3.63) is 92.5 Å². The maximum Gasteiger partial charge on any atom is 0.277 e. The van der Waals surface area contributed by atoms with Gasteiger partial charge in [0, 0.05) is 17.7 Å². The first-order valence-electron chi connectivity index (χ1n) is 8.72. The number of nitro benzene ring substituents is 2. The van der Waals surface area contributed by atoms with Gasteiger partial charge in [-0.3, -0.25) is 25.0 Å². The molecular formula is C20H13N5O5. The molecule has 0 saturated carbocycles. The topological polar surface area (TPSA) is 144 Å². The van der Waals surface area contributed by atoms with Gasteiger partial charge in [-0.25, -0.2) is 4.98 Å². The van der Waals surface area contributed by atoms with Crippen LogP contribution in [0.15, 0.2) is 66.7 Å². The molecule has 0 radical (unpaired) electrons. The number of aromatic amines is 1. The van der Waals surface area contributed by atoms with E-state index < -0.39 is 27.1 Å². The normalized spacial score (nSPS) is 10.7. The number of H-pyrrole nitrogens is 1. The van der Waals surface area contributed by atoms with Gasteiger partial charge in [0.25, 0.3) is 17.3 Å². The molecular weight excluding hydrogens is 390 g/mol. The quantitative estimate of drug-likeness (QED) is 0.375. The van der Waals surface area contributed by atoms with Crippen LogP contribution < -0.4 is 5.32 Å². The second-order valence-corrected chi connectivity index (χ2v) is 6.35. The summed E-state index contributed by atoms with van der Waals surface area (Å²) in [5, 5.41) is 24.8. The van der Waals surface area contributed by atoms with Crippen LogP contribution in [-0.4, -0.2) is 25.7 Å².